The zero-order chi connectivity index (χ0) is 14.9. The molecule has 0 spiro atoms. The second-order valence-electron chi connectivity index (χ2n) is 5.13. The summed E-state index contributed by atoms with van der Waals surface area (Å²) < 4.78 is 14.4. The van der Waals surface area contributed by atoms with Crippen LogP contribution in [0.3, 0.4) is 0 Å². The van der Waals surface area contributed by atoms with Crippen LogP contribution in [0.1, 0.15) is 12.8 Å². The number of carbonyl (C=O) groups is 3. The minimum Gasteiger partial charge on any atom is -0.469 e. The van der Waals surface area contributed by atoms with Gasteiger partial charge in [0.15, 0.2) is 0 Å². The average Bonchev–Trinajstić information content (AvgIpc) is 2.51. The van der Waals surface area contributed by atoms with Crippen LogP contribution in [0.15, 0.2) is 0 Å². The van der Waals surface area contributed by atoms with Gasteiger partial charge < -0.3 is 19.1 Å². The van der Waals surface area contributed by atoms with Gasteiger partial charge in [0, 0.05) is 12.6 Å². The fraction of sp³-hybridized carbons (Fsp3) is 0.769. The zero-order valence-electron chi connectivity index (χ0n) is 11.8. The van der Waals surface area contributed by atoms with E-state index in [1.807, 2.05) is 0 Å². The van der Waals surface area contributed by atoms with Crippen LogP contribution in [0.5, 0.6) is 0 Å². The number of esters is 2. The van der Waals surface area contributed by atoms with Crippen molar-refractivity contribution in [2.45, 2.75) is 18.9 Å². The molecule has 7 nitrogen and oxygen atoms in total. The fourth-order valence-corrected chi connectivity index (χ4v) is 3.46. The van der Waals surface area contributed by atoms with E-state index in [-0.39, 0.29) is 12.0 Å². The van der Waals surface area contributed by atoms with E-state index in [0.29, 0.717) is 13.0 Å². The molecule has 7 heteroatoms. The molecular weight excluding hydrogens is 266 g/mol. The molecule has 2 heterocycles. The first-order valence-electron chi connectivity index (χ1n) is 6.55. The number of piperidine rings is 2. The van der Waals surface area contributed by atoms with Gasteiger partial charge in [-0.1, -0.05) is 0 Å². The molecule has 0 aromatic carbocycles. The van der Waals surface area contributed by atoms with E-state index in [0.717, 1.165) is 6.42 Å². The second kappa shape index (κ2) is 5.68. The molecule has 0 radical (unpaired) electrons. The molecule has 3 fully saturated rings. The summed E-state index contributed by atoms with van der Waals surface area (Å²) in [6, 6.07) is -0.371. The number of amides is 1. The summed E-state index contributed by atoms with van der Waals surface area (Å²) in [5.41, 5.74) is 0. The maximum absolute atomic E-state index is 12.0. The van der Waals surface area contributed by atoms with Crippen molar-refractivity contribution in [1.29, 1.82) is 0 Å². The Balaban J connectivity index is 2.32. The van der Waals surface area contributed by atoms with Gasteiger partial charge in [-0.3, -0.25) is 9.59 Å². The molecule has 2 saturated heterocycles. The summed E-state index contributed by atoms with van der Waals surface area (Å²) in [5.74, 6) is -2.23. The predicted molar refractivity (Wildman–Crippen MR) is 66.6 cm³/mol. The minimum atomic E-state index is -0.681. The average molecular weight is 285 g/mol. The molecule has 3 aliphatic rings. The van der Waals surface area contributed by atoms with E-state index in [9.17, 15) is 14.4 Å². The lowest BCUT2D eigenvalue weighted by molar-refractivity contribution is -0.172. The van der Waals surface area contributed by atoms with Crippen molar-refractivity contribution in [2.75, 3.05) is 27.9 Å². The molecule has 2 aliphatic heterocycles. The van der Waals surface area contributed by atoms with Crippen molar-refractivity contribution in [3.63, 3.8) is 0 Å². The Morgan fingerprint density at radius 3 is 2.05 bits per heavy atom. The quantitative estimate of drug-likeness (QED) is 0.540. The van der Waals surface area contributed by atoms with E-state index < -0.39 is 29.9 Å². The van der Waals surface area contributed by atoms with Crippen LogP contribution < -0.4 is 0 Å². The lowest BCUT2D eigenvalue weighted by Crippen LogP contribution is -2.63. The molecule has 20 heavy (non-hydrogen) atoms. The van der Waals surface area contributed by atoms with Crippen LogP contribution in [0.25, 0.3) is 0 Å². The smallest absolute Gasteiger partial charge is 0.409 e. The number of fused-ring (bicyclic) bond motifs is 3. The lowest BCUT2D eigenvalue weighted by atomic mass is 9.65. The van der Waals surface area contributed by atoms with E-state index in [2.05, 4.69) is 0 Å². The third-order valence-electron chi connectivity index (χ3n) is 4.33. The highest BCUT2D eigenvalue weighted by molar-refractivity contribution is 5.84. The molecule has 1 amide bonds. The summed E-state index contributed by atoms with van der Waals surface area (Å²) in [6.45, 7) is 0.407. The van der Waals surface area contributed by atoms with E-state index >= 15 is 0 Å². The van der Waals surface area contributed by atoms with Gasteiger partial charge in [0.25, 0.3) is 0 Å². The number of carbonyl (C=O) groups excluding carboxylic acids is 3. The van der Waals surface area contributed by atoms with Crippen LogP contribution in [-0.2, 0) is 23.8 Å². The van der Waals surface area contributed by atoms with Crippen LogP contribution in [0.2, 0.25) is 0 Å². The molecule has 3 rings (SSSR count). The maximum atomic E-state index is 12.0. The number of ether oxygens (including phenoxy) is 3. The van der Waals surface area contributed by atoms with Gasteiger partial charge in [0.2, 0.25) is 0 Å². The molecule has 0 aromatic rings. The molecule has 0 unspecified atom stereocenters. The number of methoxy groups -OCH3 is 3. The van der Waals surface area contributed by atoms with Gasteiger partial charge in [0.1, 0.15) is 0 Å². The second-order valence-corrected chi connectivity index (χ2v) is 5.13. The number of nitrogens with zero attached hydrogens (tertiary/aromatic N) is 1. The van der Waals surface area contributed by atoms with Crippen molar-refractivity contribution in [3.05, 3.63) is 0 Å². The third-order valence-corrected chi connectivity index (χ3v) is 4.33. The predicted octanol–water partition coefficient (Wildman–Crippen LogP) is 0.425. The van der Waals surface area contributed by atoms with E-state index in [1.165, 1.54) is 26.2 Å². The van der Waals surface area contributed by atoms with Crippen molar-refractivity contribution in [1.82, 2.24) is 4.90 Å². The summed E-state index contributed by atoms with van der Waals surface area (Å²) in [7, 11) is 3.88. The van der Waals surface area contributed by atoms with E-state index in [1.54, 1.807) is 0 Å². The van der Waals surface area contributed by atoms with Crippen LogP contribution >= 0.6 is 0 Å². The fourth-order valence-electron chi connectivity index (χ4n) is 3.46. The highest BCUT2D eigenvalue weighted by Crippen LogP contribution is 2.44. The van der Waals surface area contributed by atoms with Gasteiger partial charge in [-0.15, -0.1) is 0 Å². The van der Waals surface area contributed by atoms with Gasteiger partial charge in [-0.05, 0) is 18.8 Å². The van der Waals surface area contributed by atoms with Crippen molar-refractivity contribution >= 4 is 18.0 Å². The molecular formula is C13H19NO6. The molecule has 0 N–H and O–H groups in total. The third kappa shape index (κ3) is 2.21. The summed E-state index contributed by atoms with van der Waals surface area (Å²) in [6.07, 6.45) is 0.968. The first-order valence-corrected chi connectivity index (χ1v) is 6.55. The topological polar surface area (TPSA) is 82.1 Å². The Morgan fingerprint density at radius 1 is 0.900 bits per heavy atom. The Bertz CT molecular complexity index is 423. The van der Waals surface area contributed by atoms with Gasteiger partial charge in [-0.2, -0.15) is 0 Å². The van der Waals surface area contributed by atoms with Gasteiger partial charge in [-0.25, -0.2) is 4.79 Å². The normalized spacial score (nSPS) is 31.6. The molecule has 4 atom stereocenters. The standard InChI is InChI=1S/C13H19NO6/c1-18-11(15)9-7-4-5-8(10(9)12(16)19-2)14(6-7)13(17)20-3/h7-10H,4-6H2,1-3H3/t7-,8-,9-,10+/m1/s1. The highest BCUT2D eigenvalue weighted by Gasteiger charge is 2.56. The van der Waals surface area contributed by atoms with E-state index in [4.69, 9.17) is 14.2 Å². The molecule has 112 valence electrons. The van der Waals surface area contributed by atoms with Crippen LogP contribution in [0, 0.1) is 17.8 Å². The first kappa shape index (κ1) is 14.6. The Kier molecular flexibility index (Phi) is 4.15. The lowest BCUT2D eigenvalue weighted by Gasteiger charge is -2.51. The molecule has 2 bridgehead atoms. The van der Waals surface area contributed by atoms with Crippen LogP contribution in [-0.4, -0.2) is 56.8 Å². The van der Waals surface area contributed by atoms with Crippen molar-refractivity contribution in [2.24, 2.45) is 17.8 Å². The van der Waals surface area contributed by atoms with Crippen molar-refractivity contribution in [3.8, 4) is 0 Å². The van der Waals surface area contributed by atoms with Gasteiger partial charge >= 0.3 is 18.0 Å². The summed E-state index contributed by atoms with van der Waals surface area (Å²) in [5, 5.41) is 0. The Labute approximate surface area is 117 Å². The largest absolute Gasteiger partial charge is 0.469 e. The molecule has 1 saturated carbocycles. The first-order chi connectivity index (χ1) is 9.54. The summed E-state index contributed by atoms with van der Waals surface area (Å²) in [4.78, 5) is 37.3. The SMILES string of the molecule is COC(=O)[C@@H]1[C@@H]2CC[C@H]([C@@H]1C(=O)OC)N(C(=O)OC)C2. The Morgan fingerprint density at radius 2 is 1.50 bits per heavy atom. The molecule has 0 aromatic heterocycles. The maximum Gasteiger partial charge on any atom is 0.409 e. The Hall–Kier alpha value is -1.79. The van der Waals surface area contributed by atoms with Crippen molar-refractivity contribution < 1.29 is 28.6 Å². The number of hydrogen-bond acceptors (Lipinski definition) is 6. The highest BCUT2D eigenvalue weighted by atomic mass is 16.5. The zero-order valence-corrected chi connectivity index (χ0v) is 11.8. The minimum absolute atomic E-state index is 0.101. The number of hydrogen-bond donors (Lipinski definition) is 0. The van der Waals surface area contributed by atoms with Crippen LogP contribution in [0.4, 0.5) is 4.79 Å². The summed E-state index contributed by atoms with van der Waals surface area (Å²) >= 11 is 0. The van der Waals surface area contributed by atoms with Gasteiger partial charge in [0.05, 0.1) is 33.2 Å². The monoisotopic (exact) mass is 285 g/mol. The number of rotatable bonds is 2. The molecule has 1 aliphatic carbocycles.